The first kappa shape index (κ1) is 18.1. The molecule has 6 heteroatoms. The van der Waals surface area contributed by atoms with Crippen molar-refractivity contribution in [3.8, 4) is 0 Å². The third-order valence-electron chi connectivity index (χ3n) is 3.12. The predicted octanol–water partition coefficient (Wildman–Crippen LogP) is 1.79. The number of hydrogen-bond acceptors (Lipinski definition) is 5. The summed E-state index contributed by atoms with van der Waals surface area (Å²) in [6, 6.07) is 0. The topological polar surface area (TPSA) is 61.2 Å². The Bertz CT molecular complexity index is 344. The number of aryl methyl sites for hydroxylation is 1. The van der Waals surface area contributed by atoms with E-state index in [1.807, 2.05) is 13.1 Å². The zero-order valence-corrected chi connectivity index (χ0v) is 13.5. The predicted molar refractivity (Wildman–Crippen MR) is 83.4 cm³/mol. The molecule has 0 aliphatic carbocycles. The lowest BCUT2D eigenvalue weighted by Crippen LogP contribution is -2.21. The summed E-state index contributed by atoms with van der Waals surface area (Å²) in [5.74, 6) is 0. The van der Waals surface area contributed by atoms with Gasteiger partial charge in [-0.2, -0.15) is 0 Å². The first-order valence-corrected chi connectivity index (χ1v) is 8.06. The molecule has 1 aromatic rings. The van der Waals surface area contributed by atoms with Crippen LogP contribution in [0.5, 0.6) is 0 Å². The molecule has 0 amide bonds. The number of nitrogens with zero attached hydrogens (tertiary/aromatic N) is 3. The molecule has 0 aliphatic rings. The molecule has 6 nitrogen and oxygen atoms in total. The highest BCUT2D eigenvalue weighted by Crippen LogP contribution is 1.96. The number of aromatic nitrogens is 3. The van der Waals surface area contributed by atoms with E-state index in [0.29, 0.717) is 19.8 Å². The quantitative estimate of drug-likeness (QED) is 0.531. The third-order valence-corrected chi connectivity index (χ3v) is 3.12. The highest BCUT2D eigenvalue weighted by Gasteiger charge is 1.95. The zero-order valence-electron chi connectivity index (χ0n) is 13.5. The van der Waals surface area contributed by atoms with Crippen molar-refractivity contribution in [3.05, 3.63) is 11.9 Å². The van der Waals surface area contributed by atoms with Gasteiger partial charge >= 0.3 is 0 Å². The van der Waals surface area contributed by atoms with Gasteiger partial charge in [-0.05, 0) is 19.9 Å². The number of unbranched alkanes of at least 4 members (excludes halogenated alkanes) is 3. The van der Waals surface area contributed by atoms with Gasteiger partial charge in [-0.15, -0.1) is 5.10 Å². The minimum absolute atomic E-state index is 0.629. The molecule has 0 saturated carbocycles. The van der Waals surface area contributed by atoms with Crippen molar-refractivity contribution in [2.45, 2.75) is 46.1 Å². The summed E-state index contributed by atoms with van der Waals surface area (Å²) >= 11 is 0. The van der Waals surface area contributed by atoms with Gasteiger partial charge in [0.2, 0.25) is 0 Å². The number of nitrogens with one attached hydrogen (secondary N) is 1. The number of rotatable bonds is 14. The normalized spacial score (nSPS) is 11.1. The van der Waals surface area contributed by atoms with Crippen LogP contribution in [0, 0.1) is 6.92 Å². The van der Waals surface area contributed by atoms with Crippen LogP contribution in [0.25, 0.3) is 0 Å². The van der Waals surface area contributed by atoms with Gasteiger partial charge in [-0.1, -0.05) is 31.4 Å². The molecular weight excluding hydrogens is 268 g/mol. The molecule has 0 atom stereocenters. The summed E-state index contributed by atoms with van der Waals surface area (Å²) in [7, 11) is 0. The van der Waals surface area contributed by atoms with E-state index in [1.165, 1.54) is 25.7 Å². The SMILES string of the molecule is CCCCCCNCCOCCOCCn1cc(C)nn1. The van der Waals surface area contributed by atoms with Crippen LogP contribution >= 0.6 is 0 Å². The zero-order chi connectivity index (χ0) is 15.2. The van der Waals surface area contributed by atoms with Crippen molar-refractivity contribution in [3.63, 3.8) is 0 Å². The molecule has 1 aromatic heterocycles. The molecule has 0 aliphatic heterocycles. The molecule has 0 unspecified atom stereocenters. The first-order chi connectivity index (χ1) is 10.3. The Morgan fingerprint density at radius 3 is 2.57 bits per heavy atom. The Hall–Kier alpha value is -0.980. The summed E-state index contributed by atoms with van der Waals surface area (Å²) in [6.07, 6.45) is 7.12. The van der Waals surface area contributed by atoms with Crippen LogP contribution in [-0.2, 0) is 16.0 Å². The minimum atomic E-state index is 0.629. The smallest absolute Gasteiger partial charge is 0.0796 e. The van der Waals surface area contributed by atoms with Crippen LogP contribution < -0.4 is 5.32 Å². The summed E-state index contributed by atoms with van der Waals surface area (Å²) in [5.41, 5.74) is 0.931. The van der Waals surface area contributed by atoms with E-state index in [1.54, 1.807) is 4.68 Å². The fourth-order valence-corrected chi connectivity index (χ4v) is 1.93. The van der Waals surface area contributed by atoms with E-state index >= 15 is 0 Å². The first-order valence-electron chi connectivity index (χ1n) is 8.06. The Morgan fingerprint density at radius 2 is 1.86 bits per heavy atom. The van der Waals surface area contributed by atoms with E-state index in [0.717, 1.165) is 31.9 Å². The molecule has 0 saturated heterocycles. The molecule has 0 aromatic carbocycles. The molecule has 0 radical (unpaired) electrons. The molecule has 1 N–H and O–H groups in total. The molecule has 122 valence electrons. The largest absolute Gasteiger partial charge is 0.378 e. The highest BCUT2D eigenvalue weighted by atomic mass is 16.5. The van der Waals surface area contributed by atoms with Crippen molar-refractivity contribution in [2.75, 3.05) is 39.5 Å². The lowest BCUT2D eigenvalue weighted by molar-refractivity contribution is 0.0449. The molecule has 21 heavy (non-hydrogen) atoms. The minimum Gasteiger partial charge on any atom is -0.378 e. The second-order valence-electron chi connectivity index (χ2n) is 5.16. The Kier molecular flexibility index (Phi) is 11.0. The highest BCUT2D eigenvalue weighted by molar-refractivity contribution is 4.86. The van der Waals surface area contributed by atoms with Crippen LogP contribution in [0.1, 0.15) is 38.3 Å². The Morgan fingerprint density at radius 1 is 1.05 bits per heavy atom. The standard InChI is InChI=1S/C15H30N4O2/c1-3-4-5-6-7-16-8-10-20-12-13-21-11-9-19-14-15(2)17-18-19/h14,16H,3-13H2,1-2H3. The van der Waals surface area contributed by atoms with Gasteiger partial charge in [-0.3, -0.25) is 0 Å². The maximum atomic E-state index is 5.50. The van der Waals surface area contributed by atoms with Gasteiger partial charge in [0.25, 0.3) is 0 Å². The molecule has 1 heterocycles. The summed E-state index contributed by atoms with van der Waals surface area (Å²) in [4.78, 5) is 0. The fourth-order valence-electron chi connectivity index (χ4n) is 1.93. The fraction of sp³-hybridized carbons (Fsp3) is 0.867. The van der Waals surface area contributed by atoms with Crippen molar-refractivity contribution in [2.24, 2.45) is 0 Å². The average molecular weight is 298 g/mol. The molecule has 0 bridgehead atoms. The average Bonchev–Trinajstić information content (AvgIpc) is 2.89. The van der Waals surface area contributed by atoms with Crippen LogP contribution in [0.4, 0.5) is 0 Å². The summed E-state index contributed by atoms with van der Waals surface area (Å²) in [5, 5.41) is 11.3. The van der Waals surface area contributed by atoms with Crippen LogP contribution in [-0.4, -0.2) is 54.5 Å². The van der Waals surface area contributed by atoms with Gasteiger partial charge in [0.05, 0.1) is 38.7 Å². The maximum Gasteiger partial charge on any atom is 0.0796 e. The third kappa shape index (κ3) is 10.4. The van der Waals surface area contributed by atoms with Crippen LogP contribution in [0.2, 0.25) is 0 Å². The van der Waals surface area contributed by atoms with E-state index in [9.17, 15) is 0 Å². The maximum absolute atomic E-state index is 5.50. The Labute approximate surface area is 128 Å². The van der Waals surface area contributed by atoms with Gasteiger partial charge in [0, 0.05) is 12.7 Å². The van der Waals surface area contributed by atoms with E-state index in [4.69, 9.17) is 9.47 Å². The van der Waals surface area contributed by atoms with Crippen molar-refractivity contribution >= 4 is 0 Å². The van der Waals surface area contributed by atoms with Crippen LogP contribution in [0.3, 0.4) is 0 Å². The van der Waals surface area contributed by atoms with Crippen molar-refractivity contribution < 1.29 is 9.47 Å². The van der Waals surface area contributed by atoms with Gasteiger partial charge in [0.15, 0.2) is 0 Å². The molecule has 0 spiro atoms. The summed E-state index contributed by atoms with van der Waals surface area (Å²) in [6.45, 7) is 9.58. The number of ether oxygens (including phenoxy) is 2. The van der Waals surface area contributed by atoms with E-state index in [-0.39, 0.29) is 0 Å². The van der Waals surface area contributed by atoms with Gasteiger partial charge in [0.1, 0.15) is 0 Å². The van der Waals surface area contributed by atoms with Gasteiger partial charge < -0.3 is 14.8 Å². The van der Waals surface area contributed by atoms with Crippen LogP contribution in [0.15, 0.2) is 6.20 Å². The Balaban J connectivity index is 1.74. The van der Waals surface area contributed by atoms with Crippen molar-refractivity contribution in [1.29, 1.82) is 0 Å². The molecule has 0 fully saturated rings. The van der Waals surface area contributed by atoms with Gasteiger partial charge in [-0.25, -0.2) is 4.68 Å². The lowest BCUT2D eigenvalue weighted by Gasteiger charge is -2.07. The monoisotopic (exact) mass is 298 g/mol. The van der Waals surface area contributed by atoms with E-state index < -0.39 is 0 Å². The lowest BCUT2D eigenvalue weighted by atomic mass is 10.2. The summed E-state index contributed by atoms with van der Waals surface area (Å²) < 4.78 is 12.8. The second kappa shape index (κ2) is 12.7. The second-order valence-corrected chi connectivity index (χ2v) is 5.16. The molecule has 1 rings (SSSR count). The molecular formula is C15H30N4O2. The van der Waals surface area contributed by atoms with E-state index in [2.05, 4.69) is 22.6 Å². The number of hydrogen-bond donors (Lipinski definition) is 1. The van der Waals surface area contributed by atoms with Crippen molar-refractivity contribution in [1.82, 2.24) is 20.3 Å².